The van der Waals surface area contributed by atoms with Crippen molar-refractivity contribution in [2.75, 3.05) is 0 Å². The first kappa shape index (κ1) is 26.0. The summed E-state index contributed by atoms with van der Waals surface area (Å²) in [6.07, 6.45) is 0.656. The van der Waals surface area contributed by atoms with Gasteiger partial charge in [-0.15, -0.1) is 0 Å². The lowest BCUT2D eigenvalue weighted by Crippen LogP contribution is -2.45. The minimum atomic E-state index is -1.65. The van der Waals surface area contributed by atoms with Crippen molar-refractivity contribution < 1.29 is 19.5 Å². The van der Waals surface area contributed by atoms with E-state index >= 15 is 0 Å². The molecule has 0 spiro atoms. The van der Waals surface area contributed by atoms with Gasteiger partial charge >= 0.3 is 7.12 Å². The van der Waals surface area contributed by atoms with E-state index in [1.807, 2.05) is 72.8 Å². The fraction of sp³-hybridized carbons (Fsp3) is 0.250. The van der Waals surface area contributed by atoms with Gasteiger partial charge in [0, 0.05) is 35.7 Å². The summed E-state index contributed by atoms with van der Waals surface area (Å²) in [6, 6.07) is 32.4. The predicted octanol–water partition coefficient (Wildman–Crippen LogP) is 5.03. The van der Waals surface area contributed by atoms with Crippen LogP contribution in [0.3, 0.4) is 0 Å². The van der Waals surface area contributed by atoms with Crippen molar-refractivity contribution in [1.82, 2.24) is 4.90 Å². The fourth-order valence-corrected chi connectivity index (χ4v) is 5.43. The Bertz CT molecular complexity index is 1330. The zero-order chi connectivity index (χ0) is 26.5. The molecule has 4 aromatic carbocycles. The molecule has 0 radical (unpaired) electrons. The number of ether oxygens (including phenoxy) is 2. The van der Waals surface area contributed by atoms with Gasteiger partial charge in [-0.2, -0.15) is 0 Å². The molecule has 0 saturated carbocycles. The Morgan fingerprint density at radius 1 is 0.737 bits per heavy atom. The van der Waals surface area contributed by atoms with Crippen molar-refractivity contribution in [3.05, 3.63) is 125 Å². The van der Waals surface area contributed by atoms with Gasteiger partial charge in [-0.3, -0.25) is 4.90 Å². The average molecular weight is 507 g/mol. The number of rotatable bonds is 9. The molecule has 194 valence electrons. The minimum Gasteiger partial charge on any atom is -0.489 e. The summed E-state index contributed by atoms with van der Waals surface area (Å²) in [5, 5.41) is 21.1. The van der Waals surface area contributed by atoms with Crippen LogP contribution >= 0.6 is 0 Å². The molecule has 5 rings (SSSR count). The molecule has 0 amide bonds. The van der Waals surface area contributed by atoms with E-state index in [4.69, 9.17) is 9.47 Å². The molecule has 0 aliphatic carbocycles. The molecule has 38 heavy (non-hydrogen) atoms. The van der Waals surface area contributed by atoms with Crippen LogP contribution in [0, 0.1) is 0 Å². The van der Waals surface area contributed by atoms with E-state index in [-0.39, 0.29) is 12.1 Å². The highest BCUT2D eigenvalue weighted by atomic mass is 16.5. The van der Waals surface area contributed by atoms with E-state index in [1.54, 1.807) is 0 Å². The van der Waals surface area contributed by atoms with Crippen molar-refractivity contribution in [2.45, 2.75) is 52.1 Å². The van der Waals surface area contributed by atoms with Gasteiger partial charge in [0.15, 0.2) is 0 Å². The quantitative estimate of drug-likeness (QED) is 0.311. The summed E-state index contributed by atoms with van der Waals surface area (Å²) >= 11 is 0. The van der Waals surface area contributed by atoms with E-state index in [9.17, 15) is 10.0 Å². The monoisotopic (exact) mass is 507 g/mol. The van der Waals surface area contributed by atoms with Gasteiger partial charge < -0.3 is 19.5 Å². The summed E-state index contributed by atoms with van der Waals surface area (Å²) in [5.41, 5.74) is 5.64. The van der Waals surface area contributed by atoms with Gasteiger partial charge in [-0.25, -0.2) is 0 Å². The fourth-order valence-electron chi connectivity index (χ4n) is 5.43. The highest BCUT2D eigenvalue weighted by Gasteiger charge is 2.37. The minimum absolute atomic E-state index is 0.000373. The van der Waals surface area contributed by atoms with Gasteiger partial charge in [-0.1, -0.05) is 91.0 Å². The molecular formula is C32H34BNO4. The lowest BCUT2D eigenvalue weighted by atomic mass is 9.71. The number of fused-ring (bicyclic) bond motifs is 1. The molecule has 5 nitrogen and oxygen atoms in total. The zero-order valence-corrected chi connectivity index (χ0v) is 22.0. The van der Waals surface area contributed by atoms with Crippen molar-refractivity contribution >= 4 is 12.6 Å². The van der Waals surface area contributed by atoms with Gasteiger partial charge in [0.25, 0.3) is 0 Å². The van der Waals surface area contributed by atoms with Crippen molar-refractivity contribution in [3.8, 4) is 11.5 Å². The summed E-state index contributed by atoms with van der Waals surface area (Å²) in [4.78, 5) is 2.45. The predicted molar refractivity (Wildman–Crippen MR) is 151 cm³/mol. The topological polar surface area (TPSA) is 62.2 Å². The molecule has 0 saturated heterocycles. The van der Waals surface area contributed by atoms with E-state index < -0.39 is 7.12 Å². The third-order valence-corrected chi connectivity index (χ3v) is 7.36. The molecular weight excluding hydrogens is 473 g/mol. The molecule has 2 atom stereocenters. The Hall–Kier alpha value is -3.58. The first-order valence-corrected chi connectivity index (χ1v) is 13.2. The summed E-state index contributed by atoms with van der Waals surface area (Å²) < 4.78 is 12.7. The normalized spacial score (nSPS) is 17.1. The van der Waals surface area contributed by atoms with Crippen molar-refractivity contribution in [3.63, 3.8) is 0 Å². The number of benzene rings is 4. The molecule has 4 aromatic rings. The Balaban J connectivity index is 1.55. The lowest BCUT2D eigenvalue weighted by molar-refractivity contribution is 0.125. The SMILES string of the molecule is C[C@@H]1Cc2c(B(O)O)c(OCc3ccccc3)cc(OCc3ccccc3)c2[C@@H](C)N1Cc1ccccc1. The smallest absolute Gasteiger partial charge is 0.489 e. The van der Waals surface area contributed by atoms with Gasteiger partial charge in [0.05, 0.1) is 0 Å². The standard InChI is InChI=1S/C32H34BNO4/c1-23-18-28-31(24(2)34(23)20-25-12-6-3-7-13-25)29(37-21-26-14-8-4-9-15-26)19-30(32(28)33(35)36)38-22-27-16-10-5-11-17-27/h3-17,19,23-24,35-36H,18,20-22H2,1-2H3/t23-,24-/m1/s1. The zero-order valence-electron chi connectivity index (χ0n) is 22.0. The van der Waals surface area contributed by atoms with Crippen LogP contribution in [0.1, 0.15) is 47.7 Å². The van der Waals surface area contributed by atoms with Crippen LogP contribution in [-0.2, 0) is 26.2 Å². The molecule has 2 N–H and O–H groups in total. The first-order chi connectivity index (χ1) is 18.5. The van der Waals surface area contributed by atoms with Crippen molar-refractivity contribution in [1.29, 1.82) is 0 Å². The second-order valence-corrected chi connectivity index (χ2v) is 9.99. The summed E-state index contributed by atoms with van der Waals surface area (Å²) in [5.74, 6) is 1.16. The molecule has 1 aliphatic heterocycles. The summed E-state index contributed by atoms with van der Waals surface area (Å²) in [7, 11) is -1.65. The molecule has 1 heterocycles. The highest BCUT2D eigenvalue weighted by molar-refractivity contribution is 6.60. The molecule has 0 bridgehead atoms. The maximum absolute atomic E-state index is 10.6. The van der Waals surface area contributed by atoms with Crippen LogP contribution in [0.25, 0.3) is 0 Å². The largest absolute Gasteiger partial charge is 0.492 e. The van der Waals surface area contributed by atoms with E-state index in [0.717, 1.165) is 28.8 Å². The van der Waals surface area contributed by atoms with Crippen molar-refractivity contribution in [2.24, 2.45) is 0 Å². The Morgan fingerprint density at radius 3 is 1.76 bits per heavy atom. The molecule has 1 aliphatic rings. The Morgan fingerprint density at radius 2 is 1.24 bits per heavy atom. The van der Waals surface area contributed by atoms with E-state index in [1.165, 1.54) is 5.56 Å². The third kappa shape index (κ3) is 5.78. The Kier molecular flexibility index (Phi) is 8.13. The van der Waals surface area contributed by atoms with Gasteiger partial charge in [0.1, 0.15) is 24.7 Å². The van der Waals surface area contributed by atoms with E-state index in [2.05, 4.69) is 43.0 Å². The van der Waals surface area contributed by atoms with Crippen LogP contribution in [0.2, 0.25) is 0 Å². The third-order valence-electron chi connectivity index (χ3n) is 7.36. The second kappa shape index (κ2) is 11.9. The highest BCUT2D eigenvalue weighted by Crippen LogP contribution is 2.41. The number of hydrogen-bond donors (Lipinski definition) is 2. The molecule has 0 aromatic heterocycles. The maximum atomic E-state index is 10.6. The van der Waals surface area contributed by atoms with Gasteiger partial charge in [-0.05, 0) is 42.5 Å². The number of hydrogen-bond acceptors (Lipinski definition) is 5. The van der Waals surface area contributed by atoms with Crippen LogP contribution in [0.5, 0.6) is 11.5 Å². The van der Waals surface area contributed by atoms with E-state index in [0.29, 0.717) is 36.6 Å². The van der Waals surface area contributed by atoms with Crippen LogP contribution in [-0.4, -0.2) is 28.1 Å². The van der Waals surface area contributed by atoms with Gasteiger partial charge in [0.2, 0.25) is 0 Å². The molecule has 6 heteroatoms. The lowest BCUT2D eigenvalue weighted by Gasteiger charge is -2.42. The summed E-state index contributed by atoms with van der Waals surface area (Å²) in [6.45, 7) is 5.89. The first-order valence-electron chi connectivity index (χ1n) is 13.2. The van der Waals surface area contributed by atoms with Crippen LogP contribution < -0.4 is 14.9 Å². The second-order valence-electron chi connectivity index (χ2n) is 9.99. The van der Waals surface area contributed by atoms with Crippen LogP contribution in [0.15, 0.2) is 97.1 Å². The maximum Gasteiger partial charge on any atom is 0.492 e. The Labute approximate surface area is 225 Å². The molecule has 0 fully saturated rings. The number of nitrogens with zero attached hydrogens (tertiary/aromatic N) is 1. The van der Waals surface area contributed by atoms with Crippen LogP contribution in [0.4, 0.5) is 0 Å². The average Bonchev–Trinajstić information content (AvgIpc) is 2.94. The molecule has 0 unspecified atom stereocenters.